The minimum atomic E-state index is -0.261. The van der Waals surface area contributed by atoms with Crippen LogP contribution in [0.2, 0.25) is 0 Å². The van der Waals surface area contributed by atoms with Gasteiger partial charge in [-0.1, -0.05) is 30.3 Å². The van der Waals surface area contributed by atoms with Crippen molar-refractivity contribution in [1.29, 1.82) is 0 Å². The highest BCUT2D eigenvalue weighted by molar-refractivity contribution is 5.79. The van der Waals surface area contributed by atoms with Gasteiger partial charge < -0.3 is 9.13 Å². The number of hydrogen-bond donors (Lipinski definition) is 0. The molecule has 6 heteroatoms. The summed E-state index contributed by atoms with van der Waals surface area (Å²) >= 11 is 0. The molecule has 0 radical (unpaired) electrons. The Hall–Kier alpha value is -3.28. The molecule has 0 aliphatic rings. The zero-order valence-electron chi connectivity index (χ0n) is 15.5. The monoisotopic (exact) mass is 361 g/mol. The number of rotatable bonds is 4. The summed E-state index contributed by atoms with van der Waals surface area (Å²) in [5, 5.41) is 8.22. The van der Waals surface area contributed by atoms with Gasteiger partial charge in [0, 0.05) is 18.2 Å². The number of benzene rings is 2. The summed E-state index contributed by atoms with van der Waals surface area (Å²) in [6.07, 6.45) is 3.46. The standard InChI is InChI=1S/C21H20FN5/c1-14-9-17(11-18(22)10-14)20-19(16-7-5-4-6-8-16)23-12-27(20)15(2)21-25-24-13-26(21)3/h4-13,15H,1-3H3. The Kier molecular flexibility index (Phi) is 4.32. The van der Waals surface area contributed by atoms with Crippen molar-refractivity contribution in [2.75, 3.05) is 0 Å². The van der Waals surface area contributed by atoms with Crippen LogP contribution in [0, 0.1) is 12.7 Å². The minimum absolute atomic E-state index is 0.110. The van der Waals surface area contributed by atoms with Gasteiger partial charge in [0.25, 0.3) is 0 Å². The number of aromatic nitrogens is 5. The maximum Gasteiger partial charge on any atom is 0.155 e. The van der Waals surface area contributed by atoms with Gasteiger partial charge in [0.1, 0.15) is 12.1 Å². The van der Waals surface area contributed by atoms with Crippen LogP contribution >= 0.6 is 0 Å². The van der Waals surface area contributed by atoms with E-state index >= 15 is 0 Å². The number of aryl methyl sites for hydroxylation is 2. The first-order chi connectivity index (χ1) is 13.0. The molecule has 0 aliphatic carbocycles. The van der Waals surface area contributed by atoms with E-state index in [1.54, 1.807) is 18.7 Å². The van der Waals surface area contributed by atoms with Gasteiger partial charge in [0.15, 0.2) is 5.82 Å². The van der Waals surface area contributed by atoms with Crippen LogP contribution in [0.15, 0.2) is 61.2 Å². The Balaban J connectivity index is 1.95. The molecule has 0 spiro atoms. The molecule has 136 valence electrons. The van der Waals surface area contributed by atoms with Crippen molar-refractivity contribution in [2.24, 2.45) is 7.05 Å². The predicted octanol–water partition coefficient (Wildman–Crippen LogP) is 4.40. The van der Waals surface area contributed by atoms with Crippen molar-refractivity contribution < 1.29 is 4.39 Å². The lowest BCUT2D eigenvalue weighted by molar-refractivity contribution is 0.577. The lowest BCUT2D eigenvalue weighted by Crippen LogP contribution is -2.12. The van der Waals surface area contributed by atoms with Crippen molar-refractivity contribution >= 4 is 0 Å². The molecule has 0 saturated heterocycles. The zero-order chi connectivity index (χ0) is 19.0. The van der Waals surface area contributed by atoms with Crippen LogP contribution in [0.1, 0.15) is 24.4 Å². The topological polar surface area (TPSA) is 48.5 Å². The Labute approximate surface area is 157 Å². The van der Waals surface area contributed by atoms with E-state index in [1.165, 1.54) is 6.07 Å². The molecule has 1 unspecified atom stereocenters. The van der Waals surface area contributed by atoms with Crippen molar-refractivity contribution in [3.05, 3.63) is 78.4 Å². The summed E-state index contributed by atoms with van der Waals surface area (Å²) in [6.45, 7) is 3.93. The summed E-state index contributed by atoms with van der Waals surface area (Å²) < 4.78 is 18.1. The van der Waals surface area contributed by atoms with E-state index < -0.39 is 0 Å². The number of nitrogens with zero attached hydrogens (tertiary/aromatic N) is 5. The maximum atomic E-state index is 14.2. The van der Waals surface area contributed by atoms with E-state index in [9.17, 15) is 4.39 Å². The average molecular weight is 361 g/mol. The Morgan fingerprint density at radius 2 is 1.78 bits per heavy atom. The molecule has 0 aliphatic heterocycles. The van der Waals surface area contributed by atoms with Crippen LogP contribution in [-0.4, -0.2) is 24.3 Å². The summed E-state index contributed by atoms with van der Waals surface area (Å²) in [7, 11) is 1.91. The summed E-state index contributed by atoms with van der Waals surface area (Å²) in [5.74, 6) is 0.546. The van der Waals surface area contributed by atoms with Crippen LogP contribution in [0.25, 0.3) is 22.5 Å². The molecule has 0 saturated carbocycles. The third-order valence-electron chi connectivity index (χ3n) is 4.69. The van der Waals surface area contributed by atoms with Gasteiger partial charge in [-0.25, -0.2) is 9.37 Å². The smallest absolute Gasteiger partial charge is 0.155 e. The van der Waals surface area contributed by atoms with E-state index in [1.807, 2.05) is 66.4 Å². The van der Waals surface area contributed by atoms with Crippen LogP contribution in [0.4, 0.5) is 4.39 Å². The fourth-order valence-electron chi connectivity index (χ4n) is 3.42. The second-order valence-corrected chi connectivity index (χ2v) is 6.71. The molecule has 0 N–H and O–H groups in total. The maximum absolute atomic E-state index is 14.2. The molecular weight excluding hydrogens is 341 g/mol. The Bertz CT molecular complexity index is 1060. The molecule has 4 rings (SSSR count). The SMILES string of the molecule is Cc1cc(F)cc(-c2c(-c3ccccc3)ncn2C(C)c2nncn2C)c1. The molecule has 4 aromatic rings. The van der Waals surface area contributed by atoms with Gasteiger partial charge in [-0.05, 0) is 37.6 Å². The highest BCUT2D eigenvalue weighted by Gasteiger charge is 2.22. The van der Waals surface area contributed by atoms with Crippen LogP contribution < -0.4 is 0 Å². The molecule has 0 fully saturated rings. The average Bonchev–Trinajstić information content (AvgIpc) is 3.27. The quantitative estimate of drug-likeness (QED) is 0.541. The lowest BCUT2D eigenvalue weighted by Gasteiger charge is -2.17. The molecule has 1 atom stereocenters. The van der Waals surface area contributed by atoms with Crippen LogP contribution in [0.5, 0.6) is 0 Å². The van der Waals surface area contributed by atoms with Crippen LogP contribution in [0.3, 0.4) is 0 Å². The highest BCUT2D eigenvalue weighted by atomic mass is 19.1. The summed E-state index contributed by atoms with van der Waals surface area (Å²) in [4.78, 5) is 4.67. The third kappa shape index (κ3) is 3.14. The zero-order valence-corrected chi connectivity index (χ0v) is 15.5. The molecule has 5 nitrogen and oxygen atoms in total. The fourth-order valence-corrected chi connectivity index (χ4v) is 3.42. The van der Waals surface area contributed by atoms with E-state index in [4.69, 9.17) is 0 Å². The largest absolute Gasteiger partial charge is 0.319 e. The molecule has 27 heavy (non-hydrogen) atoms. The Morgan fingerprint density at radius 1 is 1.00 bits per heavy atom. The van der Waals surface area contributed by atoms with E-state index in [-0.39, 0.29) is 11.9 Å². The van der Waals surface area contributed by atoms with Gasteiger partial charge in [-0.2, -0.15) is 0 Å². The first-order valence-corrected chi connectivity index (χ1v) is 8.78. The second-order valence-electron chi connectivity index (χ2n) is 6.71. The van der Waals surface area contributed by atoms with Gasteiger partial charge in [0.2, 0.25) is 0 Å². The van der Waals surface area contributed by atoms with Gasteiger partial charge >= 0.3 is 0 Å². The molecule has 2 aromatic carbocycles. The van der Waals surface area contributed by atoms with Crippen LogP contribution in [-0.2, 0) is 7.05 Å². The van der Waals surface area contributed by atoms with E-state index in [0.717, 1.165) is 33.9 Å². The summed E-state index contributed by atoms with van der Waals surface area (Å²) in [6, 6.07) is 14.9. The molecule has 2 aromatic heterocycles. The van der Waals surface area contributed by atoms with E-state index in [2.05, 4.69) is 15.2 Å². The predicted molar refractivity (Wildman–Crippen MR) is 103 cm³/mol. The summed E-state index contributed by atoms with van der Waals surface area (Å²) in [5.41, 5.74) is 4.31. The third-order valence-corrected chi connectivity index (χ3v) is 4.69. The number of imidazole rings is 1. The van der Waals surface area contributed by atoms with Gasteiger partial charge in [-0.15, -0.1) is 10.2 Å². The van der Waals surface area contributed by atoms with Crippen molar-refractivity contribution in [1.82, 2.24) is 24.3 Å². The highest BCUT2D eigenvalue weighted by Crippen LogP contribution is 2.35. The lowest BCUT2D eigenvalue weighted by atomic mass is 10.0. The molecule has 0 bridgehead atoms. The normalized spacial score (nSPS) is 12.3. The first kappa shape index (κ1) is 17.1. The molecular formula is C21H20FN5. The minimum Gasteiger partial charge on any atom is -0.319 e. The van der Waals surface area contributed by atoms with Crippen molar-refractivity contribution in [3.63, 3.8) is 0 Å². The van der Waals surface area contributed by atoms with Gasteiger partial charge in [-0.3, -0.25) is 0 Å². The number of halogens is 1. The molecule has 2 heterocycles. The van der Waals surface area contributed by atoms with Crippen molar-refractivity contribution in [2.45, 2.75) is 19.9 Å². The van der Waals surface area contributed by atoms with Gasteiger partial charge in [0.05, 0.1) is 23.8 Å². The first-order valence-electron chi connectivity index (χ1n) is 8.78. The Morgan fingerprint density at radius 3 is 2.44 bits per heavy atom. The van der Waals surface area contributed by atoms with Crippen molar-refractivity contribution in [3.8, 4) is 22.5 Å². The molecule has 0 amide bonds. The second kappa shape index (κ2) is 6.79. The van der Waals surface area contributed by atoms with E-state index in [0.29, 0.717) is 0 Å². The fraction of sp³-hybridized carbons (Fsp3) is 0.190. The number of hydrogen-bond acceptors (Lipinski definition) is 3.